The number of aryl methyl sites for hydroxylation is 1. The zero-order chi connectivity index (χ0) is 12.6. The van der Waals surface area contributed by atoms with Crippen LogP contribution >= 0.6 is 11.8 Å². The molecule has 3 heteroatoms. The van der Waals surface area contributed by atoms with E-state index in [0.717, 1.165) is 23.3 Å². The first-order valence-corrected chi connectivity index (χ1v) is 8.07. The summed E-state index contributed by atoms with van der Waals surface area (Å²) in [6.07, 6.45) is 6.49. The number of hydrogen-bond donors (Lipinski definition) is 1. The molecule has 18 heavy (non-hydrogen) atoms. The molecule has 0 spiro atoms. The molecule has 1 aromatic carbocycles. The monoisotopic (exact) mass is 262 g/mol. The molecule has 0 aliphatic carbocycles. The minimum absolute atomic E-state index is 1.05. The molecule has 2 nitrogen and oxygen atoms in total. The maximum absolute atomic E-state index is 4.59. The van der Waals surface area contributed by atoms with Gasteiger partial charge in [-0.25, -0.2) is 4.98 Å². The molecule has 0 aliphatic rings. The number of hydrogen-bond acceptors (Lipinski definition) is 2. The topological polar surface area (TPSA) is 28.7 Å². The van der Waals surface area contributed by atoms with E-state index in [-0.39, 0.29) is 0 Å². The number of thioether (sulfide) groups is 1. The van der Waals surface area contributed by atoms with Crippen molar-refractivity contribution in [1.82, 2.24) is 9.97 Å². The summed E-state index contributed by atoms with van der Waals surface area (Å²) < 4.78 is 0. The number of aromatic nitrogens is 2. The lowest BCUT2D eigenvalue weighted by molar-refractivity contribution is 0.706. The maximum Gasteiger partial charge on any atom is 0.108 e. The fourth-order valence-electron chi connectivity index (χ4n) is 2.03. The molecule has 0 saturated heterocycles. The largest absolute Gasteiger partial charge is 0.342 e. The first-order chi connectivity index (χ1) is 8.90. The van der Waals surface area contributed by atoms with Crippen molar-refractivity contribution in [2.45, 2.75) is 39.0 Å². The van der Waals surface area contributed by atoms with Gasteiger partial charge < -0.3 is 4.98 Å². The number of imidazole rings is 1. The lowest BCUT2D eigenvalue weighted by atomic mass is 10.2. The standard InChI is InChI=1S/C15H22N2S/c1-2-3-4-7-11-18-12-10-15-16-13-8-5-6-9-14(13)17-15/h5-6,8-9H,2-4,7,10-12H2,1H3,(H,16,17). The van der Waals surface area contributed by atoms with Gasteiger partial charge in [0.2, 0.25) is 0 Å². The smallest absolute Gasteiger partial charge is 0.108 e. The van der Waals surface area contributed by atoms with Gasteiger partial charge in [-0.05, 0) is 24.3 Å². The average Bonchev–Trinajstić information content (AvgIpc) is 2.80. The minimum Gasteiger partial charge on any atom is -0.342 e. The van der Waals surface area contributed by atoms with E-state index in [0.29, 0.717) is 0 Å². The van der Waals surface area contributed by atoms with Gasteiger partial charge in [-0.15, -0.1) is 0 Å². The number of unbranched alkanes of at least 4 members (excludes halogenated alkanes) is 3. The highest BCUT2D eigenvalue weighted by molar-refractivity contribution is 7.99. The van der Waals surface area contributed by atoms with Crippen molar-refractivity contribution >= 4 is 22.8 Å². The third-order valence-electron chi connectivity index (χ3n) is 3.06. The van der Waals surface area contributed by atoms with E-state index in [1.165, 1.54) is 37.2 Å². The van der Waals surface area contributed by atoms with Crippen LogP contribution in [0.4, 0.5) is 0 Å². The maximum atomic E-state index is 4.59. The summed E-state index contributed by atoms with van der Waals surface area (Å²) in [6.45, 7) is 2.26. The minimum atomic E-state index is 1.05. The van der Waals surface area contributed by atoms with Gasteiger partial charge in [0, 0.05) is 12.2 Å². The summed E-state index contributed by atoms with van der Waals surface area (Å²) in [4.78, 5) is 7.97. The van der Waals surface area contributed by atoms with E-state index in [9.17, 15) is 0 Å². The predicted octanol–water partition coefficient (Wildman–Crippen LogP) is 4.42. The van der Waals surface area contributed by atoms with E-state index in [2.05, 4.69) is 29.0 Å². The van der Waals surface area contributed by atoms with Crippen LogP contribution in [0.5, 0.6) is 0 Å². The molecule has 0 amide bonds. The Labute approximate surface area is 114 Å². The second kappa shape index (κ2) is 7.47. The van der Waals surface area contributed by atoms with E-state index in [1.807, 2.05) is 23.9 Å². The van der Waals surface area contributed by atoms with Crippen molar-refractivity contribution in [3.63, 3.8) is 0 Å². The predicted molar refractivity (Wildman–Crippen MR) is 81.3 cm³/mol. The van der Waals surface area contributed by atoms with Crippen LogP contribution in [0.2, 0.25) is 0 Å². The summed E-state index contributed by atoms with van der Waals surface area (Å²) in [5.41, 5.74) is 2.24. The summed E-state index contributed by atoms with van der Waals surface area (Å²) in [5, 5.41) is 0. The fraction of sp³-hybridized carbons (Fsp3) is 0.533. The highest BCUT2D eigenvalue weighted by Crippen LogP contribution is 2.13. The second-order valence-electron chi connectivity index (χ2n) is 4.62. The van der Waals surface area contributed by atoms with Crippen LogP contribution in [0.25, 0.3) is 11.0 Å². The van der Waals surface area contributed by atoms with Crippen molar-refractivity contribution < 1.29 is 0 Å². The van der Waals surface area contributed by atoms with E-state index < -0.39 is 0 Å². The molecule has 2 rings (SSSR count). The highest BCUT2D eigenvalue weighted by atomic mass is 32.2. The Morgan fingerprint density at radius 2 is 2.00 bits per heavy atom. The Morgan fingerprint density at radius 1 is 1.11 bits per heavy atom. The van der Waals surface area contributed by atoms with Crippen LogP contribution < -0.4 is 0 Å². The number of aromatic amines is 1. The van der Waals surface area contributed by atoms with Gasteiger partial charge in [-0.1, -0.05) is 38.3 Å². The normalized spacial score (nSPS) is 11.2. The number of para-hydroxylation sites is 2. The summed E-state index contributed by atoms with van der Waals surface area (Å²) in [5.74, 6) is 3.59. The van der Waals surface area contributed by atoms with Gasteiger partial charge in [-0.3, -0.25) is 0 Å². The second-order valence-corrected chi connectivity index (χ2v) is 5.85. The number of benzene rings is 1. The Morgan fingerprint density at radius 3 is 2.83 bits per heavy atom. The molecule has 2 aromatic rings. The number of H-pyrrole nitrogens is 1. The van der Waals surface area contributed by atoms with Crippen LogP contribution in [-0.4, -0.2) is 21.5 Å². The Kier molecular flexibility index (Phi) is 5.59. The highest BCUT2D eigenvalue weighted by Gasteiger charge is 2.01. The molecule has 0 radical (unpaired) electrons. The first-order valence-electron chi connectivity index (χ1n) is 6.91. The molecule has 0 saturated carbocycles. The molecule has 0 unspecified atom stereocenters. The van der Waals surface area contributed by atoms with Crippen LogP contribution in [-0.2, 0) is 6.42 Å². The molecule has 0 aliphatic heterocycles. The van der Waals surface area contributed by atoms with E-state index in [4.69, 9.17) is 0 Å². The van der Waals surface area contributed by atoms with E-state index in [1.54, 1.807) is 0 Å². The lowest BCUT2D eigenvalue weighted by Gasteiger charge is -1.99. The zero-order valence-electron chi connectivity index (χ0n) is 11.1. The lowest BCUT2D eigenvalue weighted by Crippen LogP contribution is -1.92. The van der Waals surface area contributed by atoms with Crippen molar-refractivity contribution in [1.29, 1.82) is 0 Å². The van der Waals surface area contributed by atoms with Crippen molar-refractivity contribution in [2.75, 3.05) is 11.5 Å². The number of nitrogens with zero attached hydrogens (tertiary/aromatic N) is 1. The molecular formula is C15H22N2S. The molecule has 1 aromatic heterocycles. The van der Waals surface area contributed by atoms with Gasteiger partial charge in [0.15, 0.2) is 0 Å². The summed E-state index contributed by atoms with van der Waals surface area (Å²) in [6, 6.07) is 8.24. The summed E-state index contributed by atoms with van der Waals surface area (Å²) in [7, 11) is 0. The molecule has 1 heterocycles. The van der Waals surface area contributed by atoms with Crippen LogP contribution in [0.3, 0.4) is 0 Å². The average molecular weight is 262 g/mol. The zero-order valence-corrected chi connectivity index (χ0v) is 11.9. The third kappa shape index (κ3) is 4.05. The number of nitrogens with one attached hydrogen (secondary N) is 1. The van der Waals surface area contributed by atoms with Gasteiger partial charge in [0.1, 0.15) is 5.82 Å². The van der Waals surface area contributed by atoms with Gasteiger partial charge in [-0.2, -0.15) is 11.8 Å². The van der Waals surface area contributed by atoms with Gasteiger partial charge in [0.05, 0.1) is 11.0 Å². The summed E-state index contributed by atoms with van der Waals surface area (Å²) >= 11 is 2.05. The number of rotatable bonds is 8. The van der Waals surface area contributed by atoms with Crippen LogP contribution in [0, 0.1) is 0 Å². The van der Waals surface area contributed by atoms with Gasteiger partial charge >= 0.3 is 0 Å². The quantitative estimate of drug-likeness (QED) is 0.713. The van der Waals surface area contributed by atoms with Crippen LogP contribution in [0.1, 0.15) is 38.4 Å². The van der Waals surface area contributed by atoms with Crippen molar-refractivity contribution in [3.8, 4) is 0 Å². The molecule has 1 N–H and O–H groups in total. The molecule has 0 bridgehead atoms. The van der Waals surface area contributed by atoms with E-state index >= 15 is 0 Å². The number of fused-ring (bicyclic) bond motifs is 1. The molecule has 98 valence electrons. The Bertz CT molecular complexity index is 431. The molecule has 0 fully saturated rings. The molecular weight excluding hydrogens is 240 g/mol. The van der Waals surface area contributed by atoms with Gasteiger partial charge in [0.25, 0.3) is 0 Å². The third-order valence-corrected chi connectivity index (χ3v) is 4.13. The van der Waals surface area contributed by atoms with Crippen molar-refractivity contribution in [2.24, 2.45) is 0 Å². The SMILES string of the molecule is CCCCCCSCCc1nc2ccccc2[nH]1. The first kappa shape index (κ1) is 13.5. The van der Waals surface area contributed by atoms with Crippen molar-refractivity contribution in [3.05, 3.63) is 30.1 Å². The van der Waals surface area contributed by atoms with Crippen LogP contribution in [0.15, 0.2) is 24.3 Å². The fourth-order valence-corrected chi connectivity index (χ4v) is 2.98. The Hall–Kier alpha value is -0.960. The Balaban J connectivity index is 1.67. The molecule has 0 atom stereocenters.